The molecular formula is C12H14N2. The van der Waals surface area contributed by atoms with Crippen molar-refractivity contribution in [3.8, 4) is 0 Å². The molecule has 72 valence electrons. The number of H-pyrrole nitrogens is 1. The van der Waals surface area contributed by atoms with Crippen LogP contribution in [0.5, 0.6) is 0 Å². The zero-order valence-electron chi connectivity index (χ0n) is 8.30. The van der Waals surface area contributed by atoms with Crippen LogP contribution in [-0.4, -0.2) is 11.5 Å². The molecule has 0 radical (unpaired) electrons. The van der Waals surface area contributed by atoms with Gasteiger partial charge in [0, 0.05) is 29.7 Å². The first-order valence-electron chi connectivity index (χ1n) is 5.22. The quantitative estimate of drug-likeness (QED) is 0.694. The zero-order chi connectivity index (χ0) is 9.54. The van der Waals surface area contributed by atoms with Crippen molar-refractivity contribution >= 4 is 10.9 Å². The first kappa shape index (κ1) is 8.06. The topological polar surface area (TPSA) is 37.7 Å². The van der Waals surface area contributed by atoms with E-state index < -0.39 is 0 Å². The fourth-order valence-corrected chi connectivity index (χ4v) is 2.10. The van der Waals surface area contributed by atoms with Gasteiger partial charge in [0.15, 0.2) is 0 Å². The molecule has 14 heavy (non-hydrogen) atoms. The van der Waals surface area contributed by atoms with Crippen LogP contribution in [0.3, 0.4) is 0 Å². The van der Waals surface area contributed by atoms with E-state index in [9.17, 15) is 0 Å². The maximum absolute atomic E-state index is 3.39. The lowest BCUT2D eigenvalue weighted by Gasteiger charge is -1.99. The molecule has 2 heteroatoms. The van der Waals surface area contributed by atoms with E-state index in [0.29, 0.717) is 6.04 Å². The third-order valence-corrected chi connectivity index (χ3v) is 3.00. The second-order valence-electron chi connectivity index (χ2n) is 3.90. The van der Waals surface area contributed by atoms with Crippen molar-refractivity contribution in [2.24, 2.45) is 0 Å². The standard InChI is InChI=1S/C12H14N2/c1-2-8-4-3-5-9-10(11-7-13-11)6-14-12(8)9/h3-6,11,13-14H,2,7H2,1H3/t11-/m1/s1. The largest absolute Gasteiger partial charge is 0.361 e. The summed E-state index contributed by atoms with van der Waals surface area (Å²) < 4.78 is 0. The molecule has 0 spiro atoms. The number of benzene rings is 1. The Balaban J connectivity index is 2.25. The van der Waals surface area contributed by atoms with E-state index in [1.54, 1.807) is 0 Å². The van der Waals surface area contributed by atoms with Gasteiger partial charge in [0.05, 0.1) is 0 Å². The van der Waals surface area contributed by atoms with Gasteiger partial charge in [0.25, 0.3) is 0 Å². The van der Waals surface area contributed by atoms with Crippen molar-refractivity contribution in [3.05, 3.63) is 35.5 Å². The molecule has 0 amide bonds. The number of hydrogen-bond donors (Lipinski definition) is 2. The minimum Gasteiger partial charge on any atom is -0.361 e. The van der Waals surface area contributed by atoms with Gasteiger partial charge in [-0.25, -0.2) is 0 Å². The highest BCUT2D eigenvalue weighted by molar-refractivity contribution is 5.86. The third kappa shape index (κ3) is 1.07. The van der Waals surface area contributed by atoms with Crippen LogP contribution in [0.4, 0.5) is 0 Å². The van der Waals surface area contributed by atoms with Crippen LogP contribution >= 0.6 is 0 Å². The van der Waals surface area contributed by atoms with Gasteiger partial charge in [-0.15, -0.1) is 0 Å². The number of hydrogen-bond acceptors (Lipinski definition) is 1. The van der Waals surface area contributed by atoms with E-state index in [2.05, 4.69) is 41.6 Å². The summed E-state index contributed by atoms with van der Waals surface area (Å²) in [5.41, 5.74) is 4.16. The van der Waals surface area contributed by atoms with Crippen LogP contribution in [0.2, 0.25) is 0 Å². The van der Waals surface area contributed by atoms with Crippen LogP contribution in [0.25, 0.3) is 10.9 Å². The first-order valence-corrected chi connectivity index (χ1v) is 5.22. The molecule has 1 aliphatic heterocycles. The lowest BCUT2D eigenvalue weighted by molar-refractivity contribution is 1.09. The van der Waals surface area contributed by atoms with Crippen molar-refractivity contribution in [3.63, 3.8) is 0 Å². The first-order chi connectivity index (χ1) is 6.90. The molecule has 1 aliphatic rings. The van der Waals surface area contributed by atoms with Gasteiger partial charge in [-0.3, -0.25) is 0 Å². The second kappa shape index (κ2) is 2.85. The highest BCUT2D eigenvalue weighted by Gasteiger charge is 2.25. The van der Waals surface area contributed by atoms with Crippen LogP contribution in [0.15, 0.2) is 24.4 Å². The van der Waals surface area contributed by atoms with Crippen molar-refractivity contribution < 1.29 is 0 Å². The highest BCUT2D eigenvalue weighted by Crippen LogP contribution is 2.30. The molecule has 1 aromatic heterocycles. The Morgan fingerprint density at radius 1 is 1.43 bits per heavy atom. The Labute approximate surface area is 83.3 Å². The van der Waals surface area contributed by atoms with Crippen molar-refractivity contribution in [1.29, 1.82) is 0 Å². The fourth-order valence-electron chi connectivity index (χ4n) is 2.10. The van der Waals surface area contributed by atoms with E-state index in [4.69, 9.17) is 0 Å². The molecular weight excluding hydrogens is 172 g/mol. The van der Waals surface area contributed by atoms with E-state index >= 15 is 0 Å². The summed E-state index contributed by atoms with van der Waals surface area (Å²) in [5.74, 6) is 0. The number of fused-ring (bicyclic) bond motifs is 1. The Morgan fingerprint density at radius 2 is 2.29 bits per heavy atom. The molecule has 2 nitrogen and oxygen atoms in total. The normalized spacial score (nSPS) is 20.2. The Morgan fingerprint density at radius 3 is 3.00 bits per heavy atom. The zero-order valence-corrected chi connectivity index (χ0v) is 8.30. The molecule has 0 bridgehead atoms. The summed E-state index contributed by atoms with van der Waals surface area (Å²) in [6.07, 6.45) is 3.24. The van der Waals surface area contributed by atoms with Crippen LogP contribution in [0, 0.1) is 0 Å². The number of aryl methyl sites for hydroxylation is 1. The summed E-state index contributed by atoms with van der Waals surface area (Å²) in [4.78, 5) is 3.39. The molecule has 2 aromatic rings. The average Bonchev–Trinajstić information content (AvgIpc) is 2.97. The van der Waals surface area contributed by atoms with E-state index in [-0.39, 0.29) is 0 Å². The van der Waals surface area contributed by atoms with Gasteiger partial charge in [0.2, 0.25) is 0 Å². The molecule has 0 saturated carbocycles. The Kier molecular flexibility index (Phi) is 1.64. The minimum absolute atomic E-state index is 0.593. The second-order valence-corrected chi connectivity index (χ2v) is 3.90. The third-order valence-electron chi connectivity index (χ3n) is 3.00. The van der Waals surface area contributed by atoms with Crippen molar-refractivity contribution in [2.75, 3.05) is 6.54 Å². The van der Waals surface area contributed by atoms with Gasteiger partial charge < -0.3 is 10.3 Å². The van der Waals surface area contributed by atoms with Gasteiger partial charge in [-0.05, 0) is 17.5 Å². The van der Waals surface area contributed by atoms with E-state index in [1.807, 2.05) is 0 Å². The number of rotatable bonds is 2. The van der Waals surface area contributed by atoms with Gasteiger partial charge in [-0.2, -0.15) is 0 Å². The lowest BCUT2D eigenvalue weighted by Crippen LogP contribution is -1.83. The van der Waals surface area contributed by atoms with E-state index in [1.165, 1.54) is 22.0 Å². The summed E-state index contributed by atoms with van der Waals surface area (Å²) in [6.45, 7) is 3.33. The monoisotopic (exact) mass is 186 g/mol. The Bertz CT molecular complexity index is 466. The summed E-state index contributed by atoms with van der Waals surface area (Å²) in [5, 5.41) is 4.73. The smallest absolute Gasteiger partial charge is 0.0489 e. The predicted octanol–water partition coefficient (Wildman–Crippen LogP) is 2.37. The van der Waals surface area contributed by atoms with Gasteiger partial charge in [0.1, 0.15) is 0 Å². The molecule has 2 heterocycles. The molecule has 0 aliphatic carbocycles. The molecule has 0 unspecified atom stereocenters. The van der Waals surface area contributed by atoms with Crippen LogP contribution < -0.4 is 5.32 Å². The highest BCUT2D eigenvalue weighted by atomic mass is 15.1. The predicted molar refractivity (Wildman–Crippen MR) is 58.4 cm³/mol. The summed E-state index contributed by atoms with van der Waals surface area (Å²) in [7, 11) is 0. The lowest BCUT2D eigenvalue weighted by atomic mass is 10.1. The number of aromatic amines is 1. The number of para-hydroxylation sites is 1. The Hall–Kier alpha value is -1.28. The maximum atomic E-state index is 3.39. The van der Waals surface area contributed by atoms with E-state index in [0.717, 1.165) is 13.0 Å². The average molecular weight is 186 g/mol. The van der Waals surface area contributed by atoms with Crippen molar-refractivity contribution in [1.82, 2.24) is 10.3 Å². The number of nitrogens with one attached hydrogen (secondary N) is 2. The molecule has 1 aromatic carbocycles. The number of aromatic nitrogens is 1. The van der Waals surface area contributed by atoms with Crippen molar-refractivity contribution in [2.45, 2.75) is 19.4 Å². The molecule has 1 saturated heterocycles. The SMILES string of the molecule is CCc1cccc2c([C@H]3CN3)c[nH]c12. The van der Waals surface area contributed by atoms with Crippen LogP contribution in [-0.2, 0) is 6.42 Å². The van der Waals surface area contributed by atoms with Gasteiger partial charge in [-0.1, -0.05) is 25.1 Å². The molecule has 2 N–H and O–H groups in total. The minimum atomic E-state index is 0.593. The molecule has 1 fully saturated rings. The van der Waals surface area contributed by atoms with Crippen LogP contribution in [0.1, 0.15) is 24.1 Å². The molecule has 1 atom stereocenters. The van der Waals surface area contributed by atoms with Gasteiger partial charge >= 0.3 is 0 Å². The summed E-state index contributed by atoms with van der Waals surface area (Å²) >= 11 is 0. The fraction of sp³-hybridized carbons (Fsp3) is 0.333. The maximum Gasteiger partial charge on any atom is 0.0489 e. The molecule has 3 rings (SSSR count). The summed E-state index contributed by atoms with van der Waals surface area (Å²) in [6, 6.07) is 7.15.